The van der Waals surface area contributed by atoms with Gasteiger partial charge in [-0.3, -0.25) is 0 Å². The van der Waals surface area contributed by atoms with Crippen molar-refractivity contribution in [3.8, 4) is 56.4 Å². The summed E-state index contributed by atoms with van der Waals surface area (Å²) in [5.41, 5.74) is 21.1. The van der Waals surface area contributed by atoms with Gasteiger partial charge in [0.25, 0.3) is 0 Å². The highest BCUT2D eigenvalue weighted by atomic mass is 16.5. The van der Waals surface area contributed by atoms with Gasteiger partial charge in [0.2, 0.25) is 0 Å². The molecule has 10 aromatic rings. The second kappa shape index (κ2) is 15.6. The van der Waals surface area contributed by atoms with Crippen molar-refractivity contribution in [1.82, 2.24) is 0 Å². The zero-order chi connectivity index (χ0) is 49.4. The van der Waals surface area contributed by atoms with Crippen LogP contribution in [0.15, 0.2) is 224 Å². The number of anilines is 3. The lowest BCUT2D eigenvalue weighted by Crippen LogP contribution is -2.33. The van der Waals surface area contributed by atoms with Crippen LogP contribution in [0.5, 0.6) is 23.0 Å². The molecule has 10 aromatic carbocycles. The number of hydrogen-bond donors (Lipinski definition) is 0. The maximum atomic E-state index is 7.07. The van der Waals surface area contributed by atoms with Gasteiger partial charge in [-0.2, -0.15) is 0 Å². The van der Waals surface area contributed by atoms with Crippen LogP contribution in [0.3, 0.4) is 0 Å². The van der Waals surface area contributed by atoms with Gasteiger partial charge < -0.3 is 14.4 Å². The van der Waals surface area contributed by atoms with Crippen LogP contribution >= 0.6 is 0 Å². The number of benzene rings is 10. The van der Waals surface area contributed by atoms with Gasteiger partial charge in [-0.05, 0) is 127 Å². The van der Waals surface area contributed by atoms with Gasteiger partial charge in [-0.1, -0.05) is 205 Å². The van der Waals surface area contributed by atoms with E-state index in [1.807, 2.05) is 0 Å². The lowest BCUT2D eigenvalue weighted by molar-refractivity contribution is 0.433. The van der Waals surface area contributed by atoms with Gasteiger partial charge in [0, 0.05) is 39.1 Å². The van der Waals surface area contributed by atoms with Crippen LogP contribution in [-0.2, 0) is 21.7 Å². The van der Waals surface area contributed by atoms with Crippen LogP contribution in [0.4, 0.5) is 17.1 Å². The first-order valence-electron chi connectivity index (χ1n) is 25.7. The molecule has 2 heterocycles. The van der Waals surface area contributed by atoms with Gasteiger partial charge in [0.15, 0.2) is 0 Å². The molecule has 3 nitrogen and oxygen atoms in total. The summed E-state index contributed by atoms with van der Waals surface area (Å²) in [5.74, 6) is 3.54. The van der Waals surface area contributed by atoms with E-state index in [0.29, 0.717) is 0 Å². The summed E-state index contributed by atoms with van der Waals surface area (Å²) < 4.78 is 13.9. The van der Waals surface area contributed by atoms with E-state index >= 15 is 0 Å². The molecule has 0 radical (unpaired) electrons. The monoisotopic (exact) mass is 941 g/mol. The first-order chi connectivity index (χ1) is 35.5. The van der Waals surface area contributed by atoms with Gasteiger partial charge >= 0.3 is 0 Å². The third-order valence-electron chi connectivity index (χ3n) is 16.3. The number of fused-ring (bicyclic) bond motifs is 18. The Labute approximate surface area is 429 Å². The fourth-order valence-corrected chi connectivity index (χ4v) is 13.0. The van der Waals surface area contributed by atoms with E-state index in [1.165, 1.54) is 66.8 Å². The Morgan fingerprint density at radius 3 is 1.38 bits per heavy atom. The summed E-state index contributed by atoms with van der Waals surface area (Å²) in [6.45, 7) is 13.9. The first kappa shape index (κ1) is 43.4. The predicted molar refractivity (Wildman–Crippen MR) is 299 cm³/mol. The average molecular weight is 942 g/mol. The highest BCUT2D eigenvalue weighted by Crippen LogP contribution is 2.66. The van der Waals surface area contributed by atoms with Crippen molar-refractivity contribution in [2.24, 2.45) is 0 Å². The largest absolute Gasteiger partial charge is 0.457 e. The molecule has 0 fully saturated rings. The third-order valence-corrected chi connectivity index (χ3v) is 16.3. The number of ether oxygens (including phenoxy) is 2. The second-order valence-electron chi connectivity index (χ2n) is 22.4. The molecule has 352 valence electrons. The summed E-state index contributed by atoms with van der Waals surface area (Å²) in [6.07, 6.45) is 0. The lowest BCUT2D eigenvalue weighted by Gasteiger charge is -2.41. The molecule has 2 aliphatic carbocycles. The third kappa shape index (κ3) is 6.06. The Kier molecular flexibility index (Phi) is 9.24. The summed E-state index contributed by atoms with van der Waals surface area (Å²) in [4.78, 5) is 2.56. The molecule has 3 heteroatoms. The quantitative estimate of drug-likeness (QED) is 0.175. The van der Waals surface area contributed by atoms with Gasteiger partial charge in [-0.15, -0.1) is 0 Å². The highest BCUT2D eigenvalue weighted by Gasteiger charge is 2.54. The average Bonchev–Trinajstić information content (AvgIpc) is 3.87. The molecule has 0 aromatic heterocycles. The lowest BCUT2D eigenvalue weighted by atomic mass is 9.64. The Morgan fingerprint density at radius 2 is 0.767 bits per heavy atom. The Hall–Kier alpha value is -8.40. The van der Waals surface area contributed by atoms with Crippen LogP contribution in [-0.4, -0.2) is 0 Å². The number of nitrogens with zero attached hydrogens (tertiary/aromatic N) is 1. The maximum absolute atomic E-state index is 7.07. The van der Waals surface area contributed by atoms with Crippen molar-refractivity contribution >= 4 is 17.1 Å². The van der Waals surface area contributed by atoms with Gasteiger partial charge in [0.1, 0.15) is 23.0 Å². The molecule has 73 heavy (non-hydrogen) atoms. The number of hydrogen-bond acceptors (Lipinski definition) is 3. The fraction of sp³-hybridized carbons (Fsp3) is 0.143. The van der Waals surface area contributed by atoms with Crippen LogP contribution in [0, 0.1) is 0 Å². The standard InChI is InChI=1S/C70H55NO2/c1-67(2,3)45-35-39-64-58(41-45)70(59-42-46(68(4,5)6)36-40-65(59)73-64)53-27-14-11-25-51(53)66-56(70)30-20-32-61(66)71(60-31-17-12-23-48(60)44-21-8-7-9-22-44)47-37-38-50-49-24-10-13-26-52(49)69(57(50)43-47)54-28-15-18-33-62(54)72-63-34-19-16-29-55(63)69/h7-43H,1-6H3. The SMILES string of the molecule is CC(C)(C)c1ccc2c(c1)C1(c3cc(C(C)(C)C)ccc3O2)c2ccccc2-c2c(N(c3ccc4c(c3)C3(c5ccccc5Oc5ccccc53)c3ccccc3-4)c3ccccc3-c3ccccc3)cccc21. The second-order valence-corrected chi connectivity index (χ2v) is 22.4. The molecule has 0 saturated heterocycles. The molecule has 0 N–H and O–H groups in total. The summed E-state index contributed by atoms with van der Waals surface area (Å²) >= 11 is 0. The van der Waals surface area contributed by atoms with E-state index in [9.17, 15) is 0 Å². The van der Waals surface area contributed by atoms with E-state index < -0.39 is 10.8 Å². The number of para-hydroxylation sites is 3. The minimum atomic E-state index is -0.697. The van der Waals surface area contributed by atoms with Crippen LogP contribution in [0.2, 0.25) is 0 Å². The van der Waals surface area contributed by atoms with Gasteiger partial charge in [-0.25, -0.2) is 0 Å². The van der Waals surface area contributed by atoms with Crippen LogP contribution in [0.1, 0.15) is 97.2 Å². The fourth-order valence-electron chi connectivity index (χ4n) is 13.0. The minimum Gasteiger partial charge on any atom is -0.457 e. The Morgan fingerprint density at radius 1 is 0.315 bits per heavy atom. The summed E-state index contributed by atoms with van der Waals surface area (Å²) in [5, 5.41) is 0. The Balaban J connectivity index is 1.10. The molecular weight excluding hydrogens is 887 g/mol. The molecule has 0 bridgehead atoms. The summed E-state index contributed by atoms with van der Waals surface area (Å²) in [7, 11) is 0. The molecule has 2 spiro atoms. The van der Waals surface area contributed by atoms with Crippen molar-refractivity contribution in [3.63, 3.8) is 0 Å². The zero-order valence-electron chi connectivity index (χ0n) is 42.1. The van der Waals surface area contributed by atoms with E-state index in [2.05, 4.69) is 271 Å². The van der Waals surface area contributed by atoms with Crippen molar-refractivity contribution in [3.05, 3.63) is 280 Å². The minimum absolute atomic E-state index is 0.0966. The molecule has 0 atom stereocenters. The van der Waals surface area contributed by atoms with Gasteiger partial charge in [0.05, 0.1) is 22.2 Å². The Bertz CT molecular complexity index is 3790. The van der Waals surface area contributed by atoms with Crippen molar-refractivity contribution in [2.45, 2.75) is 63.2 Å². The summed E-state index contributed by atoms with van der Waals surface area (Å²) in [6, 6.07) is 83.4. The smallest absolute Gasteiger partial charge is 0.132 e. The van der Waals surface area contributed by atoms with Crippen molar-refractivity contribution in [2.75, 3.05) is 4.90 Å². The molecule has 0 saturated carbocycles. The maximum Gasteiger partial charge on any atom is 0.132 e. The molecule has 0 unspecified atom stereocenters. The molecule has 0 amide bonds. The molecule has 2 aliphatic heterocycles. The molecule has 4 aliphatic rings. The van der Waals surface area contributed by atoms with Crippen LogP contribution in [0.25, 0.3) is 33.4 Å². The normalized spacial score (nSPS) is 14.6. The van der Waals surface area contributed by atoms with Crippen molar-refractivity contribution in [1.29, 1.82) is 0 Å². The molecule has 14 rings (SSSR count). The number of rotatable bonds is 4. The highest BCUT2D eigenvalue weighted by molar-refractivity contribution is 6.01. The van der Waals surface area contributed by atoms with Crippen molar-refractivity contribution < 1.29 is 9.47 Å². The van der Waals surface area contributed by atoms with E-state index in [4.69, 9.17) is 9.47 Å². The van der Waals surface area contributed by atoms with E-state index in [0.717, 1.165) is 62.3 Å². The van der Waals surface area contributed by atoms with E-state index in [1.54, 1.807) is 0 Å². The molecular formula is C70H55NO2. The topological polar surface area (TPSA) is 21.7 Å². The van der Waals surface area contributed by atoms with Crippen LogP contribution < -0.4 is 14.4 Å². The van der Waals surface area contributed by atoms with E-state index in [-0.39, 0.29) is 10.8 Å². The zero-order valence-corrected chi connectivity index (χ0v) is 42.1. The predicted octanol–water partition coefficient (Wildman–Crippen LogP) is 18.4. The first-order valence-corrected chi connectivity index (χ1v) is 25.7.